The minimum Gasteiger partial charge on any atom is -0.350 e. The van der Waals surface area contributed by atoms with Gasteiger partial charge in [-0.15, -0.1) is 5.10 Å². The molecule has 0 spiro atoms. The molecule has 4 aromatic rings. The van der Waals surface area contributed by atoms with E-state index < -0.39 is 0 Å². The van der Waals surface area contributed by atoms with E-state index in [1.54, 1.807) is 6.20 Å². The molecule has 1 saturated carbocycles. The zero-order valence-corrected chi connectivity index (χ0v) is 13.8. The zero-order valence-electron chi connectivity index (χ0n) is 13.8. The highest BCUT2D eigenvalue weighted by molar-refractivity contribution is 5.79. The Morgan fingerprint density at radius 1 is 1.08 bits per heavy atom. The number of hydrogen-bond acceptors (Lipinski definition) is 6. The van der Waals surface area contributed by atoms with E-state index in [1.807, 2.05) is 53.0 Å². The fourth-order valence-corrected chi connectivity index (χ4v) is 3.32. The van der Waals surface area contributed by atoms with Gasteiger partial charge in [0.2, 0.25) is 11.7 Å². The molecule has 4 heterocycles. The summed E-state index contributed by atoms with van der Waals surface area (Å²) in [5.74, 6) is 1.35. The lowest BCUT2D eigenvalue weighted by atomic mass is 9.87. The van der Waals surface area contributed by atoms with Crippen molar-refractivity contribution in [1.82, 2.24) is 34.3 Å². The van der Waals surface area contributed by atoms with Crippen LogP contribution in [0.25, 0.3) is 22.4 Å². The normalized spacial score (nSPS) is 20.0. The number of rotatable bonds is 4. The van der Waals surface area contributed by atoms with E-state index in [4.69, 9.17) is 0 Å². The predicted molar refractivity (Wildman–Crippen MR) is 94.5 cm³/mol. The van der Waals surface area contributed by atoms with Crippen LogP contribution in [0, 0.1) is 0 Å². The third-order valence-electron chi connectivity index (χ3n) is 4.85. The molecule has 0 radical (unpaired) electrons. The Hall–Kier alpha value is -3.00. The van der Waals surface area contributed by atoms with Crippen LogP contribution >= 0.6 is 0 Å². The van der Waals surface area contributed by atoms with Crippen molar-refractivity contribution in [2.45, 2.75) is 24.9 Å². The van der Waals surface area contributed by atoms with Gasteiger partial charge >= 0.3 is 0 Å². The standard InChI is InChI=1S/C17H18N8/c1-18-12-6-13(7-12)22-16-20-9-15-14(2-4-25(15)23-16)11-8-21-17-19-3-5-24(17)10-11/h2-5,8-10,12-13,18H,6-7H2,1H3,(H,22,23)/t12-,13+. The van der Waals surface area contributed by atoms with Crippen LogP contribution in [0.5, 0.6) is 0 Å². The van der Waals surface area contributed by atoms with Crippen LogP contribution in [-0.2, 0) is 0 Å². The SMILES string of the molecule is CN[C@H]1C[C@@H](Nc2ncc3c(-c4cnc5nccn5c4)ccn3n2)C1. The van der Waals surface area contributed by atoms with E-state index in [-0.39, 0.29) is 0 Å². The summed E-state index contributed by atoms with van der Waals surface area (Å²) in [6.45, 7) is 0. The largest absolute Gasteiger partial charge is 0.350 e. The molecule has 0 amide bonds. The number of fused-ring (bicyclic) bond motifs is 2. The molecule has 2 N–H and O–H groups in total. The average molecular weight is 334 g/mol. The summed E-state index contributed by atoms with van der Waals surface area (Å²) in [4.78, 5) is 13.0. The summed E-state index contributed by atoms with van der Waals surface area (Å²) >= 11 is 0. The molecule has 5 rings (SSSR count). The van der Waals surface area contributed by atoms with Crippen LogP contribution in [0.1, 0.15) is 12.8 Å². The van der Waals surface area contributed by atoms with Crippen LogP contribution < -0.4 is 10.6 Å². The minimum atomic E-state index is 0.442. The summed E-state index contributed by atoms with van der Waals surface area (Å²) in [5.41, 5.74) is 3.01. The zero-order chi connectivity index (χ0) is 16.8. The molecule has 0 saturated heterocycles. The first-order valence-corrected chi connectivity index (χ1v) is 8.37. The van der Waals surface area contributed by atoms with Crippen molar-refractivity contribution in [2.75, 3.05) is 12.4 Å². The van der Waals surface area contributed by atoms with E-state index in [1.165, 1.54) is 0 Å². The molecular weight excluding hydrogens is 316 g/mol. The third-order valence-corrected chi connectivity index (χ3v) is 4.85. The Morgan fingerprint density at radius 2 is 2.00 bits per heavy atom. The molecule has 0 bridgehead atoms. The highest BCUT2D eigenvalue weighted by Gasteiger charge is 2.28. The van der Waals surface area contributed by atoms with Crippen LogP contribution in [-0.4, -0.2) is 48.1 Å². The maximum Gasteiger partial charge on any atom is 0.241 e. The number of anilines is 1. The van der Waals surface area contributed by atoms with Gasteiger partial charge in [-0.25, -0.2) is 19.5 Å². The van der Waals surface area contributed by atoms with Gasteiger partial charge in [-0.05, 0) is 26.0 Å². The van der Waals surface area contributed by atoms with Crippen molar-refractivity contribution in [3.05, 3.63) is 43.2 Å². The third kappa shape index (κ3) is 2.42. The van der Waals surface area contributed by atoms with E-state index in [0.717, 1.165) is 29.5 Å². The summed E-state index contributed by atoms with van der Waals surface area (Å²) in [6.07, 6.45) is 13.5. The molecule has 8 nitrogen and oxygen atoms in total. The fourth-order valence-electron chi connectivity index (χ4n) is 3.32. The maximum atomic E-state index is 4.58. The summed E-state index contributed by atoms with van der Waals surface area (Å²) in [6, 6.07) is 3.08. The molecule has 126 valence electrons. The first-order chi connectivity index (χ1) is 12.3. The van der Waals surface area contributed by atoms with Crippen molar-refractivity contribution in [1.29, 1.82) is 0 Å². The number of imidazole rings is 1. The Kier molecular flexibility index (Phi) is 3.17. The molecule has 0 aromatic carbocycles. The van der Waals surface area contributed by atoms with Gasteiger partial charge in [0.05, 0.1) is 11.7 Å². The second-order valence-corrected chi connectivity index (χ2v) is 6.42. The van der Waals surface area contributed by atoms with Crippen LogP contribution in [0.4, 0.5) is 5.95 Å². The van der Waals surface area contributed by atoms with Crippen LogP contribution in [0.15, 0.2) is 43.2 Å². The van der Waals surface area contributed by atoms with Gasteiger partial charge in [0, 0.05) is 54.2 Å². The lowest BCUT2D eigenvalue weighted by molar-refractivity contribution is 0.325. The molecule has 25 heavy (non-hydrogen) atoms. The first kappa shape index (κ1) is 14.4. The molecular formula is C17H18N8. The molecule has 0 atom stereocenters. The molecule has 8 heteroatoms. The van der Waals surface area contributed by atoms with Crippen molar-refractivity contribution >= 4 is 17.2 Å². The van der Waals surface area contributed by atoms with E-state index in [0.29, 0.717) is 23.8 Å². The molecule has 0 unspecified atom stereocenters. The number of hydrogen-bond donors (Lipinski definition) is 2. The second kappa shape index (κ2) is 5.52. The highest BCUT2D eigenvalue weighted by atomic mass is 15.3. The molecule has 1 aliphatic rings. The van der Waals surface area contributed by atoms with Crippen molar-refractivity contribution in [3.63, 3.8) is 0 Å². The quantitative estimate of drug-likeness (QED) is 0.590. The number of nitrogens with one attached hydrogen (secondary N) is 2. The van der Waals surface area contributed by atoms with Gasteiger partial charge < -0.3 is 10.6 Å². The number of aromatic nitrogens is 6. The lowest BCUT2D eigenvalue weighted by Gasteiger charge is -2.35. The Balaban J connectivity index is 1.45. The molecule has 1 fully saturated rings. The Bertz CT molecular complexity index is 1040. The fraction of sp³-hybridized carbons (Fsp3) is 0.294. The topological polar surface area (TPSA) is 84.4 Å². The van der Waals surface area contributed by atoms with Gasteiger partial charge in [0.15, 0.2) is 0 Å². The van der Waals surface area contributed by atoms with E-state index >= 15 is 0 Å². The maximum absolute atomic E-state index is 4.58. The monoisotopic (exact) mass is 334 g/mol. The van der Waals surface area contributed by atoms with Crippen molar-refractivity contribution in [2.24, 2.45) is 0 Å². The Morgan fingerprint density at radius 3 is 2.88 bits per heavy atom. The summed E-state index contributed by atoms with van der Waals surface area (Å²) in [7, 11) is 2.00. The summed E-state index contributed by atoms with van der Waals surface area (Å²) in [5, 5.41) is 11.3. The second-order valence-electron chi connectivity index (χ2n) is 6.42. The molecule has 1 aliphatic carbocycles. The van der Waals surface area contributed by atoms with Crippen molar-refractivity contribution in [3.8, 4) is 11.1 Å². The minimum absolute atomic E-state index is 0.442. The number of nitrogens with zero attached hydrogens (tertiary/aromatic N) is 6. The molecule has 0 aliphatic heterocycles. The van der Waals surface area contributed by atoms with E-state index in [2.05, 4.69) is 30.7 Å². The van der Waals surface area contributed by atoms with Gasteiger partial charge in [0.1, 0.15) is 0 Å². The van der Waals surface area contributed by atoms with Gasteiger partial charge in [-0.2, -0.15) is 0 Å². The van der Waals surface area contributed by atoms with Crippen LogP contribution in [0.3, 0.4) is 0 Å². The Labute approximate surface area is 143 Å². The van der Waals surface area contributed by atoms with Crippen molar-refractivity contribution < 1.29 is 0 Å². The van der Waals surface area contributed by atoms with E-state index in [9.17, 15) is 0 Å². The average Bonchev–Trinajstić information content (AvgIpc) is 3.23. The smallest absolute Gasteiger partial charge is 0.241 e. The lowest BCUT2D eigenvalue weighted by Crippen LogP contribution is -2.46. The van der Waals surface area contributed by atoms with Gasteiger partial charge in [0.25, 0.3) is 0 Å². The first-order valence-electron chi connectivity index (χ1n) is 8.37. The highest BCUT2D eigenvalue weighted by Crippen LogP contribution is 2.26. The van der Waals surface area contributed by atoms with Gasteiger partial charge in [-0.1, -0.05) is 0 Å². The molecule has 4 aromatic heterocycles. The predicted octanol–water partition coefficient (Wildman–Crippen LogP) is 1.60. The van der Waals surface area contributed by atoms with Gasteiger partial charge in [-0.3, -0.25) is 4.40 Å². The van der Waals surface area contributed by atoms with Crippen LogP contribution in [0.2, 0.25) is 0 Å². The summed E-state index contributed by atoms with van der Waals surface area (Å²) < 4.78 is 3.77.